The lowest BCUT2D eigenvalue weighted by molar-refractivity contribution is 0.0951. The lowest BCUT2D eigenvalue weighted by Crippen LogP contribution is -2.27. The van der Waals surface area contributed by atoms with Crippen molar-refractivity contribution in [3.8, 4) is 0 Å². The molecule has 1 rings (SSSR count). The fourth-order valence-electron chi connectivity index (χ4n) is 1.92. The lowest BCUT2D eigenvalue weighted by Gasteiger charge is -2.12. The number of nitrogens with one attached hydrogen (secondary N) is 2. The largest absolute Gasteiger partial charge is 0.385 e. The van der Waals surface area contributed by atoms with E-state index in [1.807, 2.05) is 39.2 Å². The van der Waals surface area contributed by atoms with E-state index in [0.29, 0.717) is 6.54 Å². The van der Waals surface area contributed by atoms with Gasteiger partial charge in [0.15, 0.2) is 0 Å². The number of benzene rings is 1. The summed E-state index contributed by atoms with van der Waals surface area (Å²) < 4.78 is 0. The molecule has 4 nitrogen and oxygen atoms in total. The number of hydrogen-bond donors (Lipinski definition) is 2. The van der Waals surface area contributed by atoms with Gasteiger partial charge in [0.1, 0.15) is 0 Å². The van der Waals surface area contributed by atoms with E-state index in [9.17, 15) is 4.79 Å². The van der Waals surface area contributed by atoms with Gasteiger partial charge in [-0.05, 0) is 64.7 Å². The Kier molecular flexibility index (Phi) is 6.36. The van der Waals surface area contributed by atoms with Gasteiger partial charge in [0, 0.05) is 24.3 Å². The average molecular weight is 263 g/mol. The Morgan fingerprint density at radius 2 is 2.05 bits per heavy atom. The number of nitrogens with zero attached hydrogens (tertiary/aromatic N) is 1. The molecule has 0 unspecified atom stereocenters. The summed E-state index contributed by atoms with van der Waals surface area (Å²) in [5.41, 5.74) is 2.82. The predicted molar refractivity (Wildman–Crippen MR) is 80.8 cm³/mol. The van der Waals surface area contributed by atoms with Crippen LogP contribution in [0.25, 0.3) is 0 Å². The van der Waals surface area contributed by atoms with E-state index in [4.69, 9.17) is 0 Å². The molecule has 1 aromatic carbocycles. The molecule has 0 fully saturated rings. The summed E-state index contributed by atoms with van der Waals surface area (Å²) in [5.74, 6) is 0.0132. The second-order valence-electron chi connectivity index (χ2n) is 4.97. The average Bonchev–Trinajstić information content (AvgIpc) is 2.34. The number of rotatable bonds is 7. The first kappa shape index (κ1) is 15.5. The first-order chi connectivity index (χ1) is 9.04. The third-order valence-corrected chi connectivity index (χ3v) is 2.92. The molecule has 19 heavy (non-hydrogen) atoms. The van der Waals surface area contributed by atoms with Crippen LogP contribution in [0.2, 0.25) is 0 Å². The number of carbonyl (C=O) groups is 1. The Morgan fingerprint density at radius 3 is 2.63 bits per heavy atom. The zero-order chi connectivity index (χ0) is 14.3. The van der Waals surface area contributed by atoms with Crippen LogP contribution in [-0.4, -0.2) is 44.5 Å². The van der Waals surface area contributed by atoms with Crippen LogP contribution in [0.1, 0.15) is 29.3 Å². The van der Waals surface area contributed by atoms with Crippen LogP contribution in [0, 0.1) is 6.92 Å². The van der Waals surface area contributed by atoms with Crippen molar-refractivity contribution in [3.05, 3.63) is 29.3 Å². The molecule has 1 aromatic rings. The summed E-state index contributed by atoms with van der Waals surface area (Å²) in [5, 5.41) is 6.20. The van der Waals surface area contributed by atoms with Crippen molar-refractivity contribution in [1.29, 1.82) is 0 Å². The Balaban J connectivity index is 2.52. The highest BCUT2D eigenvalue weighted by atomic mass is 16.1. The molecule has 0 aromatic heterocycles. The molecule has 4 heteroatoms. The molecule has 0 aliphatic carbocycles. The molecule has 0 saturated carbocycles. The van der Waals surface area contributed by atoms with Crippen molar-refractivity contribution >= 4 is 11.6 Å². The second kappa shape index (κ2) is 7.79. The van der Waals surface area contributed by atoms with Crippen molar-refractivity contribution < 1.29 is 4.79 Å². The van der Waals surface area contributed by atoms with E-state index in [0.717, 1.165) is 36.3 Å². The quantitative estimate of drug-likeness (QED) is 0.741. The van der Waals surface area contributed by atoms with E-state index in [2.05, 4.69) is 22.5 Å². The first-order valence-electron chi connectivity index (χ1n) is 6.82. The molecule has 0 aliphatic heterocycles. The molecule has 2 N–H and O–H groups in total. The van der Waals surface area contributed by atoms with Crippen molar-refractivity contribution in [3.63, 3.8) is 0 Å². The SMILES string of the molecule is CCNc1ccc(C(=O)NCCCN(C)C)c(C)c1. The molecule has 0 saturated heterocycles. The van der Waals surface area contributed by atoms with Crippen LogP contribution >= 0.6 is 0 Å². The standard InChI is InChI=1S/C15H25N3O/c1-5-16-13-7-8-14(12(2)11-13)15(19)17-9-6-10-18(3)4/h7-8,11,16H,5-6,9-10H2,1-4H3,(H,17,19). The van der Waals surface area contributed by atoms with Crippen LogP contribution in [0.3, 0.4) is 0 Å². The van der Waals surface area contributed by atoms with Crippen molar-refractivity contribution in [1.82, 2.24) is 10.2 Å². The fraction of sp³-hybridized carbons (Fsp3) is 0.533. The summed E-state index contributed by atoms with van der Waals surface area (Å²) >= 11 is 0. The van der Waals surface area contributed by atoms with E-state index >= 15 is 0 Å². The van der Waals surface area contributed by atoms with Gasteiger partial charge in [0.25, 0.3) is 5.91 Å². The maximum absolute atomic E-state index is 12.0. The minimum absolute atomic E-state index is 0.0132. The second-order valence-corrected chi connectivity index (χ2v) is 4.97. The number of anilines is 1. The van der Waals surface area contributed by atoms with Gasteiger partial charge in [-0.15, -0.1) is 0 Å². The summed E-state index contributed by atoms with van der Waals surface area (Å²) in [6.07, 6.45) is 0.966. The van der Waals surface area contributed by atoms with Gasteiger partial charge < -0.3 is 15.5 Å². The van der Waals surface area contributed by atoms with Gasteiger partial charge in [0.05, 0.1) is 0 Å². The maximum atomic E-state index is 12.0. The molecule has 0 radical (unpaired) electrons. The topological polar surface area (TPSA) is 44.4 Å². The van der Waals surface area contributed by atoms with Crippen LogP contribution in [-0.2, 0) is 0 Å². The lowest BCUT2D eigenvalue weighted by atomic mass is 10.1. The van der Waals surface area contributed by atoms with Crippen LogP contribution < -0.4 is 10.6 Å². The summed E-state index contributed by atoms with van der Waals surface area (Å²) in [6.45, 7) is 6.61. The molecule has 1 amide bonds. The van der Waals surface area contributed by atoms with Crippen molar-refractivity contribution in [2.45, 2.75) is 20.3 Å². The Bertz CT molecular complexity index is 416. The van der Waals surface area contributed by atoms with Crippen molar-refractivity contribution in [2.24, 2.45) is 0 Å². The third kappa shape index (κ3) is 5.30. The molecule has 0 aliphatic rings. The number of carbonyl (C=O) groups excluding carboxylic acids is 1. The highest BCUT2D eigenvalue weighted by Gasteiger charge is 2.08. The van der Waals surface area contributed by atoms with Gasteiger partial charge >= 0.3 is 0 Å². The minimum atomic E-state index is 0.0132. The van der Waals surface area contributed by atoms with E-state index in [-0.39, 0.29) is 5.91 Å². The molecule has 0 heterocycles. The van der Waals surface area contributed by atoms with Crippen LogP contribution in [0.15, 0.2) is 18.2 Å². The molecule has 0 atom stereocenters. The first-order valence-corrected chi connectivity index (χ1v) is 6.82. The van der Waals surface area contributed by atoms with Gasteiger partial charge in [-0.2, -0.15) is 0 Å². The highest BCUT2D eigenvalue weighted by Crippen LogP contribution is 2.14. The highest BCUT2D eigenvalue weighted by molar-refractivity contribution is 5.96. The summed E-state index contributed by atoms with van der Waals surface area (Å²) in [4.78, 5) is 14.1. The van der Waals surface area contributed by atoms with Crippen LogP contribution in [0.5, 0.6) is 0 Å². The molecule has 0 bridgehead atoms. The number of aryl methyl sites for hydroxylation is 1. The Hall–Kier alpha value is -1.55. The molecule has 0 spiro atoms. The fourth-order valence-corrected chi connectivity index (χ4v) is 1.92. The zero-order valence-electron chi connectivity index (χ0n) is 12.4. The van der Waals surface area contributed by atoms with Crippen molar-refractivity contribution in [2.75, 3.05) is 39.0 Å². The number of hydrogen-bond acceptors (Lipinski definition) is 3. The third-order valence-electron chi connectivity index (χ3n) is 2.92. The molecule has 106 valence electrons. The smallest absolute Gasteiger partial charge is 0.251 e. The zero-order valence-corrected chi connectivity index (χ0v) is 12.4. The minimum Gasteiger partial charge on any atom is -0.385 e. The van der Waals surface area contributed by atoms with E-state index in [1.54, 1.807) is 0 Å². The maximum Gasteiger partial charge on any atom is 0.251 e. The monoisotopic (exact) mass is 263 g/mol. The molecular formula is C15H25N3O. The predicted octanol–water partition coefficient (Wildman–Crippen LogP) is 2.11. The van der Waals surface area contributed by atoms with Gasteiger partial charge in [-0.25, -0.2) is 0 Å². The van der Waals surface area contributed by atoms with Gasteiger partial charge in [0.2, 0.25) is 0 Å². The van der Waals surface area contributed by atoms with Gasteiger partial charge in [-0.3, -0.25) is 4.79 Å². The number of amides is 1. The Morgan fingerprint density at radius 1 is 1.32 bits per heavy atom. The van der Waals surface area contributed by atoms with E-state index in [1.165, 1.54) is 0 Å². The van der Waals surface area contributed by atoms with E-state index < -0.39 is 0 Å². The normalized spacial score (nSPS) is 10.6. The molecular weight excluding hydrogens is 238 g/mol. The summed E-state index contributed by atoms with van der Waals surface area (Å²) in [6, 6.07) is 5.85. The Labute approximate surface area is 116 Å². The van der Waals surface area contributed by atoms with Crippen LogP contribution in [0.4, 0.5) is 5.69 Å². The summed E-state index contributed by atoms with van der Waals surface area (Å²) in [7, 11) is 4.07. The van der Waals surface area contributed by atoms with Gasteiger partial charge in [-0.1, -0.05) is 0 Å².